The van der Waals surface area contributed by atoms with Gasteiger partial charge >= 0.3 is 11.7 Å². The molecule has 0 N–H and O–H groups in total. The summed E-state index contributed by atoms with van der Waals surface area (Å²) in [6, 6.07) is 14.3. The number of aryl methyl sites for hydroxylation is 2. The number of nitro benzene ring substituents is 1. The van der Waals surface area contributed by atoms with E-state index in [0.717, 1.165) is 16.8 Å². The van der Waals surface area contributed by atoms with Gasteiger partial charge in [0, 0.05) is 17.3 Å². The van der Waals surface area contributed by atoms with E-state index in [1.807, 2.05) is 32.0 Å². The Hall–Kier alpha value is -3.22. The van der Waals surface area contributed by atoms with Crippen LogP contribution >= 0.6 is 23.2 Å². The standard InChI is InChI=1S/C22H16Cl2N2O4/c1-13-3-7-19(14(2)9-13)25-12-15-4-8-21(20(10-15)26(28)29)30-22(27)17-6-5-16(23)11-18(17)24/h3-12H,1-2H3. The van der Waals surface area contributed by atoms with E-state index in [1.54, 1.807) is 6.07 Å². The summed E-state index contributed by atoms with van der Waals surface area (Å²) in [5.41, 5.74) is 3.05. The number of nitrogens with zero attached hydrogens (tertiary/aromatic N) is 2. The van der Waals surface area contributed by atoms with Gasteiger partial charge in [0.1, 0.15) is 0 Å². The van der Waals surface area contributed by atoms with Crippen LogP contribution in [-0.2, 0) is 0 Å². The van der Waals surface area contributed by atoms with Crippen molar-refractivity contribution in [3.05, 3.63) is 97.0 Å². The van der Waals surface area contributed by atoms with E-state index in [4.69, 9.17) is 27.9 Å². The molecule has 0 heterocycles. The Balaban J connectivity index is 1.87. The molecule has 6 nitrogen and oxygen atoms in total. The van der Waals surface area contributed by atoms with Gasteiger partial charge in [-0.1, -0.05) is 40.9 Å². The molecular formula is C22H16Cl2N2O4. The first-order valence-corrected chi connectivity index (χ1v) is 9.57. The predicted octanol–water partition coefficient (Wildman–Crippen LogP) is 6.49. The lowest BCUT2D eigenvalue weighted by molar-refractivity contribution is -0.385. The molecule has 0 saturated heterocycles. The van der Waals surface area contributed by atoms with Gasteiger partial charge < -0.3 is 4.74 Å². The van der Waals surface area contributed by atoms with Crippen molar-refractivity contribution in [1.29, 1.82) is 0 Å². The molecule has 3 aromatic rings. The molecule has 0 radical (unpaired) electrons. The summed E-state index contributed by atoms with van der Waals surface area (Å²) in [4.78, 5) is 27.6. The lowest BCUT2D eigenvalue weighted by atomic mass is 10.1. The highest BCUT2D eigenvalue weighted by Gasteiger charge is 2.21. The second-order valence-electron chi connectivity index (χ2n) is 6.55. The van der Waals surface area contributed by atoms with E-state index in [9.17, 15) is 14.9 Å². The lowest BCUT2D eigenvalue weighted by Crippen LogP contribution is -2.10. The fraction of sp³-hybridized carbons (Fsp3) is 0.0909. The third-order valence-corrected chi connectivity index (χ3v) is 4.79. The first kappa shape index (κ1) is 21.5. The number of benzene rings is 3. The van der Waals surface area contributed by atoms with E-state index < -0.39 is 10.9 Å². The zero-order valence-corrected chi connectivity index (χ0v) is 17.6. The van der Waals surface area contributed by atoms with Gasteiger partial charge in [-0.25, -0.2) is 4.79 Å². The number of rotatable bonds is 5. The molecule has 0 spiro atoms. The summed E-state index contributed by atoms with van der Waals surface area (Å²) in [6.07, 6.45) is 1.52. The van der Waals surface area contributed by atoms with Crippen molar-refractivity contribution in [2.45, 2.75) is 13.8 Å². The van der Waals surface area contributed by atoms with Gasteiger partial charge in [0.2, 0.25) is 5.75 Å². The van der Waals surface area contributed by atoms with E-state index in [1.165, 1.54) is 36.5 Å². The van der Waals surface area contributed by atoms with Crippen molar-refractivity contribution in [1.82, 2.24) is 0 Å². The molecule has 0 amide bonds. The van der Waals surface area contributed by atoms with Crippen LogP contribution in [0.15, 0.2) is 59.6 Å². The van der Waals surface area contributed by atoms with Gasteiger partial charge in [0.15, 0.2) is 0 Å². The van der Waals surface area contributed by atoms with Crippen molar-refractivity contribution in [3.63, 3.8) is 0 Å². The average molecular weight is 443 g/mol. The molecule has 3 aromatic carbocycles. The average Bonchev–Trinajstić information content (AvgIpc) is 2.67. The maximum absolute atomic E-state index is 12.4. The van der Waals surface area contributed by atoms with Crippen LogP contribution in [0, 0.1) is 24.0 Å². The second kappa shape index (κ2) is 9.07. The number of aliphatic imine (C=N–C) groups is 1. The monoisotopic (exact) mass is 442 g/mol. The van der Waals surface area contributed by atoms with Crippen LogP contribution in [0.2, 0.25) is 10.0 Å². The van der Waals surface area contributed by atoms with Crippen molar-refractivity contribution in [3.8, 4) is 5.75 Å². The highest BCUT2D eigenvalue weighted by Crippen LogP contribution is 2.30. The van der Waals surface area contributed by atoms with Gasteiger partial charge in [-0.3, -0.25) is 15.1 Å². The number of hydrogen-bond acceptors (Lipinski definition) is 5. The first-order chi connectivity index (χ1) is 14.2. The van der Waals surface area contributed by atoms with E-state index in [-0.39, 0.29) is 22.0 Å². The molecule has 0 aliphatic rings. The molecule has 0 fully saturated rings. The van der Waals surface area contributed by atoms with Crippen LogP contribution in [0.1, 0.15) is 27.0 Å². The fourth-order valence-corrected chi connectivity index (χ4v) is 3.23. The summed E-state index contributed by atoms with van der Waals surface area (Å²) in [5, 5.41) is 11.9. The number of carbonyl (C=O) groups is 1. The fourth-order valence-electron chi connectivity index (χ4n) is 2.75. The molecule has 0 saturated carbocycles. The summed E-state index contributed by atoms with van der Waals surface area (Å²) in [6.45, 7) is 3.92. The van der Waals surface area contributed by atoms with Crippen LogP contribution < -0.4 is 4.74 Å². The van der Waals surface area contributed by atoms with Crippen LogP contribution in [-0.4, -0.2) is 17.1 Å². The number of carbonyl (C=O) groups excluding carboxylic acids is 1. The Labute approximate surface area is 182 Å². The highest BCUT2D eigenvalue weighted by atomic mass is 35.5. The third kappa shape index (κ3) is 5.03. The Kier molecular flexibility index (Phi) is 6.50. The quantitative estimate of drug-likeness (QED) is 0.148. The first-order valence-electron chi connectivity index (χ1n) is 8.81. The molecule has 0 atom stereocenters. The molecule has 0 unspecified atom stereocenters. The summed E-state index contributed by atoms with van der Waals surface area (Å²) in [5.74, 6) is -1.02. The summed E-state index contributed by atoms with van der Waals surface area (Å²) in [7, 11) is 0. The van der Waals surface area contributed by atoms with Crippen molar-refractivity contribution in [2.24, 2.45) is 4.99 Å². The van der Waals surface area contributed by atoms with Gasteiger partial charge in [-0.05, 0) is 61.4 Å². The molecule has 152 valence electrons. The molecule has 0 aromatic heterocycles. The molecule has 0 bridgehead atoms. The number of nitro groups is 1. The molecule has 0 aliphatic carbocycles. The Morgan fingerprint density at radius 3 is 2.50 bits per heavy atom. The number of hydrogen-bond donors (Lipinski definition) is 0. The highest BCUT2D eigenvalue weighted by molar-refractivity contribution is 6.36. The van der Waals surface area contributed by atoms with E-state index in [2.05, 4.69) is 4.99 Å². The topological polar surface area (TPSA) is 81.8 Å². The maximum atomic E-state index is 12.4. The maximum Gasteiger partial charge on any atom is 0.345 e. The predicted molar refractivity (Wildman–Crippen MR) is 118 cm³/mol. The van der Waals surface area contributed by atoms with Crippen molar-refractivity contribution in [2.75, 3.05) is 0 Å². The molecular weight excluding hydrogens is 427 g/mol. The SMILES string of the molecule is Cc1ccc(N=Cc2ccc(OC(=O)c3ccc(Cl)cc3Cl)c([N+](=O)[O-])c2)c(C)c1. The molecule has 30 heavy (non-hydrogen) atoms. The van der Waals surface area contributed by atoms with Crippen molar-refractivity contribution < 1.29 is 14.5 Å². The van der Waals surface area contributed by atoms with Crippen LogP contribution in [0.25, 0.3) is 0 Å². The largest absolute Gasteiger partial charge is 0.416 e. The zero-order chi connectivity index (χ0) is 21.8. The smallest absolute Gasteiger partial charge is 0.345 e. The summed E-state index contributed by atoms with van der Waals surface area (Å²) < 4.78 is 5.21. The number of ether oxygens (including phenoxy) is 1. The zero-order valence-electron chi connectivity index (χ0n) is 16.1. The lowest BCUT2D eigenvalue weighted by Gasteiger charge is -2.07. The van der Waals surface area contributed by atoms with E-state index >= 15 is 0 Å². The molecule has 0 aliphatic heterocycles. The number of esters is 1. The normalized spacial score (nSPS) is 10.9. The minimum Gasteiger partial charge on any atom is -0.416 e. The van der Waals surface area contributed by atoms with Gasteiger partial charge in [-0.2, -0.15) is 0 Å². The van der Waals surface area contributed by atoms with E-state index in [0.29, 0.717) is 10.6 Å². The Morgan fingerprint density at radius 2 is 1.83 bits per heavy atom. The number of halogens is 2. The van der Waals surface area contributed by atoms with Gasteiger partial charge in [0.05, 0.1) is 21.2 Å². The summed E-state index contributed by atoms with van der Waals surface area (Å²) >= 11 is 11.8. The minimum absolute atomic E-state index is 0.0517. The van der Waals surface area contributed by atoms with Crippen molar-refractivity contribution >= 4 is 46.8 Å². The Bertz CT molecular complexity index is 1180. The third-order valence-electron chi connectivity index (χ3n) is 4.24. The van der Waals surface area contributed by atoms with Crippen LogP contribution in [0.4, 0.5) is 11.4 Å². The molecule has 3 rings (SSSR count). The molecule has 8 heteroatoms. The second-order valence-corrected chi connectivity index (χ2v) is 7.39. The Morgan fingerprint density at radius 1 is 1.07 bits per heavy atom. The van der Waals surface area contributed by atoms with Crippen LogP contribution in [0.3, 0.4) is 0 Å². The minimum atomic E-state index is -0.823. The van der Waals surface area contributed by atoms with Gasteiger partial charge in [-0.15, -0.1) is 0 Å². The van der Waals surface area contributed by atoms with Gasteiger partial charge in [0.25, 0.3) is 0 Å². The van der Waals surface area contributed by atoms with Crippen LogP contribution in [0.5, 0.6) is 5.75 Å².